The molecule has 132 valence electrons. The molecule has 0 bridgehead atoms. The largest absolute Gasteiger partial charge is 0.481 e. The van der Waals surface area contributed by atoms with E-state index < -0.39 is 18.2 Å². The Labute approximate surface area is 138 Å². The maximum Gasteiger partial charge on any atom is 0.303 e. The van der Waals surface area contributed by atoms with Crippen molar-refractivity contribution in [2.75, 3.05) is 0 Å². The lowest BCUT2D eigenvalue weighted by molar-refractivity contribution is -0.137. The van der Waals surface area contributed by atoms with Crippen LogP contribution in [0.4, 0.5) is 0 Å². The zero-order valence-corrected chi connectivity index (χ0v) is 14.0. The summed E-state index contributed by atoms with van der Waals surface area (Å²) in [5, 5.41) is 28.4. The molecule has 0 spiro atoms. The molecule has 0 amide bonds. The number of unbranched alkanes of at least 4 members (excludes halogenated alkanes) is 3. The van der Waals surface area contributed by atoms with Gasteiger partial charge in [-0.2, -0.15) is 0 Å². The van der Waals surface area contributed by atoms with Gasteiger partial charge in [0, 0.05) is 24.7 Å². The quantitative estimate of drug-likeness (QED) is 0.401. The summed E-state index contributed by atoms with van der Waals surface area (Å²) in [6, 6.07) is 0. The molecule has 23 heavy (non-hydrogen) atoms. The molecular formula is C18H30O5. The molecule has 0 radical (unpaired) electrons. The van der Waals surface area contributed by atoms with E-state index in [-0.39, 0.29) is 30.5 Å². The number of carboxylic acid groups (broad SMARTS) is 1. The molecule has 1 aliphatic carbocycles. The fraction of sp³-hybridized carbons (Fsp3) is 0.778. The summed E-state index contributed by atoms with van der Waals surface area (Å²) in [5.74, 6) is -1.04. The topological polar surface area (TPSA) is 94.8 Å². The number of aliphatic hydroxyl groups is 2. The number of hydrogen-bond acceptors (Lipinski definition) is 4. The van der Waals surface area contributed by atoms with E-state index in [1.165, 1.54) is 0 Å². The predicted molar refractivity (Wildman–Crippen MR) is 88.0 cm³/mol. The van der Waals surface area contributed by atoms with E-state index in [0.717, 1.165) is 32.1 Å². The Bertz CT molecular complexity index is 404. The van der Waals surface area contributed by atoms with E-state index in [9.17, 15) is 19.8 Å². The number of Topliss-reactive ketones (excluding diaryl/α,β-unsaturated/α-hetero) is 1. The van der Waals surface area contributed by atoms with E-state index in [4.69, 9.17) is 5.11 Å². The normalized spacial score (nSPS) is 26.0. The highest BCUT2D eigenvalue weighted by Gasteiger charge is 2.39. The molecule has 5 heteroatoms. The van der Waals surface area contributed by atoms with Crippen LogP contribution in [0, 0.1) is 11.8 Å². The average Bonchev–Trinajstić information content (AvgIpc) is 2.74. The molecule has 1 rings (SSSR count). The second-order valence-corrected chi connectivity index (χ2v) is 6.51. The van der Waals surface area contributed by atoms with Crippen LogP contribution >= 0.6 is 0 Å². The van der Waals surface area contributed by atoms with Gasteiger partial charge in [-0.05, 0) is 19.3 Å². The first kappa shape index (κ1) is 19.8. The third kappa shape index (κ3) is 7.27. The molecule has 0 heterocycles. The summed E-state index contributed by atoms with van der Waals surface area (Å²) in [6.45, 7) is 2.00. The van der Waals surface area contributed by atoms with Gasteiger partial charge in [-0.15, -0.1) is 0 Å². The van der Waals surface area contributed by atoms with Gasteiger partial charge in [0.1, 0.15) is 5.78 Å². The number of aliphatic hydroxyl groups excluding tert-OH is 2. The third-order valence-corrected chi connectivity index (χ3v) is 4.53. The van der Waals surface area contributed by atoms with E-state index in [1.54, 1.807) is 6.08 Å². The van der Waals surface area contributed by atoms with Gasteiger partial charge in [0.05, 0.1) is 12.2 Å². The summed E-state index contributed by atoms with van der Waals surface area (Å²) < 4.78 is 0. The van der Waals surface area contributed by atoms with Crippen molar-refractivity contribution in [1.82, 2.24) is 0 Å². The summed E-state index contributed by atoms with van der Waals surface area (Å²) in [4.78, 5) is 22.5. The van der Waals surface area contributed by atoms with Crippen LogP contribution in [-0.4, -0.2) is 39.3 Å². The van der Waals surface area contributed by atoms with E-state index in [2.05, 4.69) is 0 Å². The zero-order chi connectivity index (χ0) is 17.2. The molecule has 5 nitrogen and oxygen atoms in total. The van der Waals surface area contributed by atoms with Crippen molar-refractivity contribution in [1.29, 1.82) is 0 Å². The van der Waals surface area contributed by atoms with Gasteiger partial charge in [0.25, 0.3) is 0 Å². The third-order valence-electron chi connectivity index (χ3n) is 4.53. The molecule has 1 aliphatic rings. The Morgan fingerprint density at radius 2 is 2.00 bits per heavy atom. The lowest BCUT2D eigenvalue weighted by Crippen LogP contribution is -2.19. The van der Waals surface area contributed by atoms with Crippen molar-refractivity contribution in [2.45, 2.75) is 76.9 Å². The van der Waals surface area contributed by atoms with E-state index >= 15 is 0 Å². The molecule has 1 saturated carbocycles. The minimum atomic E-state index is -0.769. The van der Waals surface area contributed by atoms with Gasteiger partial charge in [-0.25, -0.2) is 0 Å². The van der Waals surface area contributed by atoms with Crippen LogP contribution in [0.15, 0.2) is 12.2 Å². The Balaban J connectivity index is 2.40. The number of aliphatic carboxylic acids is 1. The number of rotatable bonds is 11. The highest BCUT2D eigenvalue weighted by Crippen LogP contribution is 2.34. The van der Waals surface area contributed by atoms with Gasteiger partial charge in [0.2, 0.25) is 0 Å². The minimum absolute atomic E-state index is 0.0997. The van der Waals surface area contributed by atoms with Crippen LogP contribution in [0.2, 0.25) is 0 Å². The molecule has 0 aromatic rings. The lowest BCUT2D eigenvalue weighted by atomic mass is 9.88. The Morgan fingerprint density at radius 1 is 1.30 bits per heavy atom. The first-order valence-electron chi connectivity index (χ1n) is 8.74. The Hall–Kier alpha value is -1.20. The molecule has 2 unspecified atom stereocenters. The van der Waals surface area contributed by atoms with Crippen molar-refractivity contribution in [3.63, 3.8) is 0 Å². The summed E-state index contributed by atoms with van der Waals surface area (Å²) in [6.07, 6.45) is 8.33. The smallest absolute Gasteiger partial charge is 0.303 e. The standard InChI is InChI=1S/C18H30O5/c1-2-7-13(19)10-11-15-14(16(20)12-17(15)21)8-5-3-4-6-9-18(22)23/h10-11,13-15,17,19,21H,2-9,12H2,1H3,(H,22,23)/t13-,14?,15?,17+/m0/s1. The lowest BCUT2D eigenvalue weighted by Gasteiger charge is -2.18. The van der Waals surface area contributed by atoms with Gasteiger partial charge < -0.3 is 15.3 Å². The maximum absolute atomic E-state index is 12.0. The number of carboxylic acids is 1. The summed E-state index contributed by atoms with van der Waals surface area (Å²) in [5.41, 5.74) is 0. The fourth-order valence-corrected chi connectivity index (χ4v) is 3.23. The van der Waals surface area contributed by atoms with Crippen LogP contribution in [0.3, 0.4) is 0 Å². The van der Waals surface area contributed by atoms with Gasteiger partial charge in [0.15, 0.2) is 0 Å². The molecule has 0 saturated heterocycles. The van der Waals surface area contributed by atoms with Gasteiger partial charge in [-0.3, -0.25) is 9.59 Å². The van der Waals surface area contributed by atoms with Crippen molar-refractivity contribution in [2.24, 2.45) is 11.8 Å². The number of ketones is 1. The minimum Gasteiger partial charge on any atom is -0.481 e. The molecular weight excluding hydrogens is 296 g/mol. The zero-order valence-electron chi connectivity index (χ0n) is 14.0. The van der Waals surface area contributed by atoms with Gasteiger partial charge in [-0.1, -0.05) is 44.8 Å². The Kier molecular flexibility index (Phi) is 9.10. The van der Waals surface area contributed by atoms with E-state index in [0.29, 0.717) is 12.8 Å². The highest BCUT2D eigenvalue weighted by atomic mass is 16.4. The van der Waals surface area contributed by atoms with Crippen molar-refractivity contribution in [3.05, 3.63) is 12.2 Å². The van der Waals surface area contributed by atoms with Crippen LogP contribution in [0.5, 0.6) is 0 Å². The fourth-order valence-electron chi connectivity index (χ4n) is 3.23. The molecule has 0 aliphatic heterocycles. The molecule has 3 N–H and O–H groups in total. The molecule has 4 atom stereocenters. The number of hydrogen-bond donors (Lipinski definition) is 3. The highest BCUT2D eigenvalue weighted by molar-refractivity contribution is 5.84. The van der Waals surface area contributed by atoms with E-state index in [1.807, 2.05) is 13.0 Å². The maximum atomic E-state index is 12.0. The first-order chi connectivity index (χ1) is 11.0. The second-order valence-electron chi connectivity index (χ2n) is 6.51. The second kappa shape index (κ2) is 10.6. The predicted octanol–water partition coefficient (Wildman–Crippen LogP) is 2.69. The van der Waals surface area contributed by atoms with Crippen molar-refractivity contribution in [3.8, 4) is 0 Å². The average molecular weight is 326 g/mol. The summed E-state index contributed by atoms with van der Waals surface area (Å²) >= 11 is 0. The van der Waals surface area contributed by atoms with Crippen LogP contribution < -0.4 is 0 Å². The van der Waals surface area contributed by atoms with Crippen LogP contribution in [-0.2, 0) is 9.59 Å². The Morgan fingerprint density at radius 3 is 2.65 bits per heavy atom. The number of carbonyl (C=O) groups is 2. The summed E-state index contributed by atoms with van der Waals surface area (Å²) in [7, 11) is 0. The molecule has 1 fully saturated rings. The molecule has 0 aromatic carbocycles. The first-order valence-corrected chi connectivity index (χ1v) is 8.74. The SMILES string of the molecule is CCC[C@H](O)C=CC1C(CCCCCCC(=O)O)C(=O)C[C@H]1O. The van der Waals surface area contributed by atoms with Crippen LogP contribution in [0.25, 0.3) is 0 Å². The van der Waals surface area contributed by atoms with Crippen LogP contribution in [0.1, 0.15) is 64.7 Å². The van der Waals surface area contributed by atoms with Crippen molar-refractivity contribution < 1.29 is 24.9 Å². The van der Waals surface area contributed by atoms with Crippen molar-refractivity contribution >= 4 is 11.8 Å². The number of carbonyl (C=O) groups excluding carboxylic acids is 1. The molecule has 0 aromatic heterocycles. The van der Waals surface area contributed by atoms with Gasteiger partial charge >= 0.3 is 5.97 Å². The monoisotopic (exact) mass is 326 g/mol.